The predicted octanol–water partition coefficient (Wildman–Crippen LogP) is 1.61. The summed E-state index contributed by atoms with van der Waals surface area (Å²) in [5.74, 6) is 1.18. The molecule has 0 amide bonds. The molecule has 0 fully saturated rings. The zero-order chi connectivity index (χ0) is 10.1. The molecule has 4 heteroatoms. The van der Waals surface area contributed by atoms with Crippen LogP contribution in [0.25, 0.3) is 11.2 Å². The maximum absolute atomic E-state index is 5.98. The first-order valence-corrected chi connectivity index (χ1v) is 4.74. The van der Waals surface area contributed by atoms with Gasteiger partial charge in [-0.05, 0) is 18.1 Å². The van der Waals surface area contributed by atoms with Crippen LogP contribution in [0.2, 0.25) is 0 Å². The van der Waals surface area contributed by atoms with E-state index in [9.17, 15) is 0 Å². The Labute approximate surface area is 82.6 Å². The van der Waals surface area contributed by atoms with Crippen molar-refractivity contribution in [1.82, 2.24) is 15.0 Å². The van der Waals surface area contributed by atoms with Crippen molar-refractivity contribution in [1.29, 1.82) is 0 Å². The third-order valence-corrected chi connectivity index (χ3v) is 2.31. The van der Waals surface area contributed by atoms with Crippen molar-refractivity contribution >= 4 is 11.2 Å². The molecule has 0 radical (unpaired) electrons. The summed E-state index contributed by atoms with van der Waals surface area (Å²) in [6.45, 7) is 4.15. The van der Waals surface area contributed by atoms with E-state index in [2.05, 4.69) is 28.8 Å². The molecule has 0 unspecified atom stereocenters. The molecule has 14 heavy (non-hydrogen) atoms. The van der Waals surface area contributed by atoms with Crippen molar-refractivity contribution in [2.24, 2.45) is 11.7 Å². The average Bonchev–Trinajstić information content (AvgIpc) is 2.59. The van der Waals surface area contributed by atoms with Crippen molar-refractivity contribution in [2.75, 3.05) is 0 Å². The molecule has 0 saturated heterocycles. The van der Waals surface area contributed by atoms with E-state index in [0.717, 1.165) is 17.0 Å². The molecule has 0 aliphatic heterocycles. The molecule has 1 atom stereocenters. The minimum absolute atomic E-state index is 0.0517. The molecule has 74 valence electrons. The quantitative estimate of drug-likeness (QED) is 0.756. The standard InChI is InChI=1S/C10H14N4/c1-6(2)8(11)10-13-7-4-3-5-12-9(7)14-10/h3-6,8H,11H2,1-2H3,(H,12,13,14)/t8-/m0/s1. The molecule has 0 bridgehead atoms. The Morgan fingerprint density at radius 1 is 1.43 bits per heavy atom. The van der Waals surface area contributed by atoms with Crippen LogP contribution >= 0.6 is 0 Å². The van der Waals surface area contributed by atoms with Gasteiger partial charge in [-0.25, -0.2) is 9.97 Å². The molecule has 0 saturated carbocycles. The Bertz CT molecular complexity index is 399. The monoisotopic (exact) mass is 190 g/mol. The van der Waals surface area contributed by atoms with Crippen LogP contribution in [0.5, 0.6) is 0 Å². The van der Waals surface area contributed by atoms with Crippen molar-refractivity contribution in [3.8, 4) is 0 Å². The smallest absolute Gasteiger partial charge is 0.177 e. The van der Waals surface area contributed by atoms with Gasteiger partial charge in [0.1, 0.15) is 5.82 Å². The summed E-state index contributed by atoms with van der Waals surface area (Å²) in [4.78, 5) is 11.7. The van der Waals surface area contributed by atoms with E-state index < -0.39 is 0 Å². The SMILES string of the molecule is CC(C)[C@H](N)c1nc2ncccc2[nH]1. The highest BCUT2D eigenvalue weighted by Crippen LogP contribution is 2.18. The largest absolute Gasteiger partial charge is 0.339 e. The minimum Gasteiger partial charge on any atom is -0.339 e. The number of nitrogens with zero attached hydrogens (tertiary/aromatic N) is 2. The zero-order valence-corrected chi connectivity index (χ0v) is 8.36. The number of hydrogen-bond acceptors (Lipinski definition) is 3. The first-order chi connectivity index (χ1) is 6.68. The van der Waals surface area contributed by atoms with Crippen LogP contribution in [0.3, 0.4) is 0 Å². The van der Waals surface area contributed by atoms with E-state index in [1.807, 2.05) is 12.1 Å². The summed E-state index contributed by atoms with van der Waals surface area (Å²) >= 11 is 0. The molecule has 0 aliphatic rings. The van der Waals surface area contributed by atoms with E-state index in [4.69, 9.17) is 5.73 Å². The van der Waals surface area contributed by atoms with E-state index in [1.165, 1.54) is 0 Å². The van der Waals surface area contributed by atoms with Crippen LogP contribution in [0.4, 0.5) is 0 Å². The van der Waals surface area contributed by atoms with Crippen LogP contribution in [0.1, 0.15) is 25.7 Å². The lowest BCUT2D eigenvalue weighted by Crippen LogP contribution is -2.18. The molecular formula is C10H14N4. The number of aromatic amines is 1. The summed E-state index contributed by atoms with van der Waals surface area (Å²) in [7, 11) is 0. The topological polar surface area (TPSA) is 67.6 Å². The van der Waals surface area contributed by atoms with Gasteiger partial charge < -0.3 is 10.7 Å². The van der Waals surface area contributed by atoms with Crippen LogP contribution < -0.4 is 5.73 Å². The van der Waals surface area contributed by atoms with Crippen LogP contribution in [-0.2, 0) is 0 Å². The fraction of sp³-hybridized carbons (Fsp3) is 0.400. The van der Waals surface area contributed by atoms with Gasteiger partial charge in [-0.15, -0.1) is 0 Å². The summed E-state index contributed by atoms with van der Waals surface area (Å²) in [5.41, 5.74) is 7.66. The van der Waals surface area contributed by atoms with Crippen LogP contribution in [0, 0.1) is 5.92 Å². The molecule has 2 aromatic rings. The number of rotatable bonds is 2. The van der Waals surface area contributed by atoms with Gasteiger partial charge in [-0.1, -0.05) is 13.8 Å². The molecule has 2 aromatic heterocycles. The number of pyridine rings is 1. The number of nitrogens with one attached hydrogen (secondary N) is 1. The van der Waals surface area contributed by atoms with Gasteiger partial charge in [0.2, 0.25) is 0 Å². The van der Waals surface area contributed by atoms with Crippen LogP contribution in [-0.4, -0.2) is 15.0 Å². The lowest BCUT2D eigenvalue weighted by molar-refractivity contribution is 0.495. The number of fused-ring (bicyclic) bond motifs is 1. The Kier molecular flexibility index (Phi) is 2.21. The normalized spacial score (nSPS) is 13.7. The lowest BCUT2D eigenvalue weighted by Gasteiger charge is -2.11. The van der Waals surface area contributed by atoms with Gasteiger partial charge in [0.15, 0.2) is 5.65 Å². The summed E-state index contributed by atoms with van der Waals surface area (Å²) < 4.78 is 0. The average molecular weight is 190 g/mol. The lowest BCUT2D eigenvalue weighted by atomic mass is 10.1. The minimum atomic E-state index is -0.0517. The van der Waals surface area contributed by atoms with E-state index in [1.54, 1.807) is 6.20 Å². The highest BCUT2D eigenvalue weighted by Gasteiger charge is 2.14. The highest BCUT2D eigenvalue weighted by molar-refractivity contribution is 5.69. The molecule has 3 N–H and O–H groups in total. The van der Waals surface area contributed by atoms with E-state index in [-0.39, 0.29) is 6.04 Å². The second kappa shape index (κ2) is 3.38. The third-order valence-electron chi connectivity index (χ3n) is 2.31. The maximum Gasteiger partial charge on any atom is 0.177 e. The number of hydrogen-bond donors (Lipinski definition) is 2. The van der Waals surface area contributed by atoms with Crippen molar-refractivity contribution in [3.63, 3.8) is 0 Å². The molecule has 2 rings (SSSR count). The number of H-pyrrole nitrogens is 1. The number of nitrogens with two attached hydrogens (primary N) is 1. The van der Waals surface area contributed by atoms with Gasteiger partial charge >= 0.3 is 0 Å². The molecule has 0 aliphatic carbocycles. The number of imidazole rings is 1. The predicted molar refractivity (Wildman–Crippen MR) is 55.7 cm³/mol. The van der Waals surface area contributed by atoms with Crippen molar-refractivity contribution in [3.05, 3.63) is 24.2 Å². The van der Waals surface area contributed by atoms with E-state index in [0.29, 0.717) is 5.92 Å². The van der Waals surface area contributed by atoms with E-state index >= 15 is 0 Å². The highest BCUT2D eigenvalue weighted by atomic mass is 15.0. The molecule has 4 nitrogen and oxygen atoms in total. The Morgan fingerprint density at radius 3 is 2.86 bits per heavy atom. The Balaban J connectivity index is 2.45. The first-order valence-electron chi connectivity index (χ1n) is 4.74. The fourth-order valence-corrected chi connectivity index (χ4v) is 1.34. The van der Waals surface area contributed by atoms with Crippen LogP contribution in [0.15, 0.2) is 18.3 Å². The third kappa shape index (κ3) is 1.48. The fourth-order valence-electron chi connectivity index (χ4n) is 1.34. The Hall–Kier alpha value is -1.42. The summed E-state index contributed by atoms with van der Waals surface area (Å²) in [5, 5.41) is 0. The molecular weight excluding hydrogens is 176 g/mol. The first kappa shape index (κ1) is 9.15. The van der Waals surface area contributed by atoms with Gasteiger partial charge in [-0.3, -0.25) is 0 Å². The summed E-state index contributed by atoms with van der Waals surface area (Å²) in [6, 6.07) is 3.78. The Morgan fingerprint density at radius 2 is 2.21 bits per heavy atom. The van der Waals surface area contributed by atoms with Gasteiger partial charge in [-0.2, -0.15) is 0 Å². The van der Waals surface area contributed by atoms with Crippen molar-refractivity contribution < 1.29 is 0 Å². The van der Waals surface area contributed by atoms with Gasteiger partial charge in [0.25, 0.3) is 0 Å². The second-order valence-electron chi connectivity index (χ2n) is 3.77. The number of aromatic nitrogens is 3. The van der Waals surface area contributed by atoms with Gasteiger partial charge in [0, 0.05) is 6.20 Å². The molecule has 0 aromatic carbocycles. The molecule has 2 heterocycles. The molecule has 0 spiro atoms. The second-order valence-corrected chi connectivity index (χ2v) is 3.77. The maximum atomic E-state index is 5.98. The van der Waals surface area contributed by atoms with Crippen molar-refractivity contribution in [2.45, 2.75) is 19.9 Å². The summed E-state index contributed by atoms with van der Waals surface area (Å²) in [6.07, 6.45) is 1.73. The zero-order valence-electron chi connectivity index (χ0n) is 8.36. The van der Waals surface area contributed by atoms with Gasteiger partial charge in [0.05, 0.1) is 11.6 Å².